The van der Waals surface area contributed by atoms with E-state index in [9.17, 15) is 4.79 Å². The van der Waals surface area contributed by atoms with Crippen molar-refractivity contribution in [1.29, 1.82) is 0 Å². The molecule has 0 amide bonds. The lowest BCUT2D eigenvalue weighted by Crippen LogP contribution is -2.39. The van der Waals surface area contributed by atoms with Crippen LogP contribution in [0.4, 0.5) is 0 Å². The summed E-state index contributed by atoms with van der Waals surface area (Å²) in [6.45, 7) is 4.02. The van der Waals surface area contributed by atoms with Gasteiger partial charge < -0.3 is 4.74 Å². The molecule has 0 spiro atoms. The van der Waals surface area contributed by atoms with Crippen LogP contribution in [0, 0.1) is 0 Å². The molecule has 0 aromatic heterocycles. The summed E-state index contributed by atoms with van der Waals surface area (Å²) >= 11 is 0. The molecule has 0 radical (unpaired) electrons. The Labute approximate surface area is 116 Å². The first-order chi connectivity index (χ1) is 9.16. The topological polar surface area (TPSA) is 26.3 Å². The normalized spacial score (nSPS) is 16.2. The highest BCUT2D eigenvalue weighted by molar-refractivity contribution is 6.02. The minimum Gasteiger partial charge on any atom is -0.370 e. The quantitative estimate of drug-likeness (QED) is 0.711. The lowest BCUT2D eigenvalue weighted by Gasteiger charge is -2.29. The van der Waals surface area contributed by atoms with Crippen molar-refractivity contribution in [3.8, 4) is 0 Å². The fraction of sp³-hybridized carbons (Fsp3) is 0.588. The summed E-state index contributed by atoms with van der Waals surface area (Å²) in [5.74, 6) is 0.828. The van der Waals surface area contributed by atoms with E-state index in [1.165, 1.54) is 24.8 Å². The number of hydrogen-bond donors (Lipinski definition) is 0. The van der Waals surface area contributed by atoms with Crippen molar-refractivity contribution in [3.63, 3.8) is 0 Å². The molecule has 1 saturated carbocycles. The van der Waals surface area contributed by atoms with Crippen LogP contribution in [0.25, 0.3) is 0 Å². The average Bonchev–Trinajstić information content (AvgIpc) is 2.40. The number of hydrogen-bond acceptors (Lipinski definition) is 2. The van der Waals surface area contributed by atoms with Gasteiger partial charge in [-0.3, -0.25) is 4.79 Å². The second kappa shape index (κ2) is 5.87. The molecule has 0 bridgehead atoms. The Morgan fingerprint density at radius 1 is 1.21 bits per heavy atom. The van der Waals surface area contributed by atoms with Crippen LogP contribution in [0.2, 0.25) is 0 Å². The van der Waals surface area contributed by atoms with Gasteiger partial charge in [-0.15, -0.1) is 0 Å². The van der Waals surface area contributed by atoms with Crippen LogP contribution in [-0.4, -0.2) is 18.5 Å². The molecule has 1 aliphatic carbocycles. The minimum absolute atomic E-state index is 0.111. The SMILES string of the molecule is CCC(CC)(OC)C(=O)c1ccc(C2CCC2)cc1. The molecule has 0 N–H and O–H groups in total. The summed E-state index contributed by atoms with van der Waals surface area (Å²) in [4.78, 5) is 12.6. The van der Waals surface area contributed by atoms with E-state index < -0.39 is 5.60 Å². The van der Waals surface area contributed by atoms with E-state index in [0.717, 1.165) is 5.56 Å². The zero-order valence-corrected chi connectivity index (χ0v) is 12.2. The number of methoxy groups -OCH3 is 1. The zero-order chi connectivity index (χ0) is 13.9. The van der Waals surface area contributed by atoms with Crippen molar-refractivity contribution in [3.05, 3.63) is 35.4 Å². The highest BCUT2D eigenvalue weighted by Gasteiger charge is 2.35. The highest BCUT2D eigenvalue weighted by Crippen LogP contribution is 2.36. The Hall–Kier alpha value is -1.15. The Bertz CT molecular complexity index is 417. The monoisotopic (exact) mass is 260 g/mol. The number of carbonyl (C=O) groups is 1. The van der Waals surface area contributed by atoms with Crippen LogP contribution in [-0.2, 0) is 4.74 Å². The van der Waals surface area contributed by atoms with Crippen molar-refractivity contribution < 1.29 is 9.53 Å². The van der Waals surface area contributed by atoms with Crippen molar-refractivity contribution in [2.75, 3.05) is 7.11 Å². The van der Waals surface area contributed by atoms with Gasteiger partial charge in [0, 0.05) is 12.7 Å². The molecule has 1 aromatic carbocycles. The number of benzene rings is 1. The molecule has 2 nitrogen and oxygen atoms in total. The maximum atomic E-state index is 12.6. The standard InChI is InChI=1S/C17H24O2/c1-4-17(5-2,19-3)16(18)15-11-9-14(10-12-15)13-7-6-8-13/h9-13H,4-8H2,1-3H3. The summed E-state index contributed by atoms with van der Waals surface area (Å²) in [5, 5.41) is 0. The van der Waals surface area contributed by atoms with Gasteiger partial charge in [0.15, 0.2) is 5.78 Å². The molecule has 0 atom stereocenters. The van der Waals surface area contributed by atoms with Gasteiger partial charge in [-0.25, -0.2) is 0 Å². The third kappa shape index (κ3) is 2.59. The number of ether oxygens (including phenoxy) is 1. The van der Waals surface area contributed by atoms with Gasteiger partial charge in [0.05, 0.1) is 0 Å². The molecule has 104 valence electrons. The molecule has 0 aliphatic heterocycles. The fourth-order valence-electron chi connectivity index (χ4n) is 2.86. The number of carbonyl (C=O) groups excluding carboxylic acids is 1. The molecular weight excluding hydrogens is 236 g/mol. The van der Waals surface area contributed by atoms with E-state index in [1.54, 1.807) is 7.11 Å². The zero-order valence-electron chi connectivity index (χ0n) is 12.2. The third-order valence-electron chi connectivity index (χ3n) is 4.70. The van der Waals surface area contributed by atoms with Gasteiger partial charge in [0.2, 0.25) is 0 Å². The Morgan fingerprint density at radius 2 is 1.79 bits per heavy atom. The molecule has 19 heavy (non-hydrogen) atoms. The molecule has 1 fully saturated rings. The van der Waals surface area contributed by atoms with Crippen LogP contribution in [0.1, 0.15) is 67.8 Å². The predicted molar refractivity (Wildman–Crippen MR) is 77.7 cm³/mol. The maximum absolute atomic E-state index is 12.6. The molecule has 0 unspecified atom stereocenters. The Morgan fingerprint density at radius 3 is 2.16 bits per heavy atom. The lowest BCUT2D eigenvalue weighted by molar-refractivity contribution is -0.00261. The number of rotatable bonds is 6. The van der Waals surface area contributed by atoms with Crippen molar-refractivity contribution in [2.45, 2.75) is 57.5 Å². The van der Waals surface area contributed by atoms with Gasteiger partial charge in [-0.2, -0.15) is 0 Å². The van der Waals surface area contributed by atoms with Crippen LogP contribution in [0.15, 0.2) is 24.3 Å². The molecule has 0 saturated heterocycles. The van der Waals surface area contributed by atoms with E-state index in [2.05, 4.69) is 12.1 Å². The second-order valence-corrected chi connectivity index (χ2v) is 5.48. The van der Waals surface area contributed by atoms with Gasteiger partial charge in [0.25, 0.3) is 0 Å². The smallest absolute Gasteiger partial charge is 0.194 e. The molecule has 2 heteroatoms. The van der Waals surface area contributed by atoms with Crippen LogP contribution in [0.5, 0.6) is 0 Å². The summed E-state index contributed by atoms with van der Waals surface area (Å²) in [6.07, 6.45) is 5.34. The molecular formula is C17H24O2. The number of ketones is 1. The highest BCUT2D eigenvalue weighted by atomic mass is 16.5. The summed E-state index contributed by atoms with van der Waals surface area (Å²) in [5.41, 5.74) is 1.49. The molecule has 1 aromatic rings. The van der Waals surface area contributed by atoms with Gasteiger partial charge in [-0.05, 0) is 37.2 Å². The molecule has 0 heterocycles. The lowest BCUT2D eigenvalue weighted by atomic mass is 9.79. The second-order valence-electron chi connectivity index (χ2n) is 5.48. The molecule has 1 aliphatic rings. The third-order valence-corrected chi connectivity index (χ3v) is 4.70. The van der Waals surface area contributed by atoms with E-state index in [0.29, 0.717) is 18.8 Å². The van der Waals surface area contributed by atoms with Gasteiger partial charge in [-0.1, -0.05) is 44.5 Å². The minimum atomic E-state index is -0.655. The largest absolute Gasteiger partial charge is 0.370 e. The van der Waals surface area contributed by atoms with Crippen LogP contribution < -0.4 is 0 Å². The summed E-state index contributed by atoms with van der Waals surface area (Å²) < 4.78 is 5.51. The van der Waals surface area contributed by atoms with Crippen LogP contribution in [0.3, 0.4) is 0 Å². The summed E-state index contributed by atoms with van der Waals surface area (Å²) in [6, 6.07) is 8.16. The van der Waals surface area contributed by atoms with Gasteiger partial charge in [0.1, 0.15) is 5.60 Å². The van der Waals surface area contributed by atoms with E-state index in [-0.39, 0.29) is 5.78 Å². The predicted octanol–water partition coefficient (Wildman–Crippen LogP) is 4.34. The first-order valence-corrected chi connectivity index (χ1v) is 7.36. The Kier molecular flexibility index (Phi) is 4.41. The van der Waals surface area contributed by atoms with Gasteiger partial charge >= 0.3 is 0 Å². The Balaban J connectivity index is 2.18. The number of Topliss-reactive ketones (excluding diaryl/α,β-unsaturated/α-hetero) is 1. The van der Waals surface area contributed by atoms with E-state index in [1.807, 2.05) is 26.0 Å². The first kappa shape index (κ1) is 14.3. The van der Waals surface area contributed by atoms with E-state index in [4.69, 9.17) is 4.74 Å². The van der Waals surface area contributed by atoms with Crippen molar-refractivity contribution in [2.24, 2.45) is 0 Å². The fourth-order valence-corrected chi connectivity index (χ4v) is 2.86. The summed E-state index contributed by atoms with van der Waals surface area (Å²) in [7, 11) is 1.63. The van der Waals surface area contributed by atoms with Crippen LogP contribution >= 0.6 is 0 Å². The first-order valence-electron chi connectivity index (χ1n) is 7.36. The van der Waals surface area contributed by atoms with Crippen molar-refractivity contribution >= 4 is 5.78 Å². The van der Waals surface area contributed by atoms with Crippen molar-refractivity contribution in [1.82, 2.24) is 0 Å². The average molecular weight is 260 g/mol. The molecule has 2 rings (SSSR count). The maximum Gasteiger partial charge on any atom is 0.194 e. The van der Waals surface area contributed by atoms with E-state index >= 15 is 0 Å².